The molecule has 2 fully saturated rings. The van der Waals surface area contributed by atoms with Crippen molar-refractivity contribution in [3.8, 4) is 11.8 Å². The molecule has 2 aliphatic rings. The molecule has 1 saturated heterocycles. The Bertz CT molecular complexity index is 554. The Labute approximate surface area is 143 Å². The second-order valence-corrected chi connectivity index (χ2v) is 6.48. The molecule has 2 unspecified atom stereocenters. The van der Waals surface area contributed by atoms with Gasteiger partial charge in [-0.1, -0.05) is 0 Å². The summed E-state index contributed by atoms with van der Waals surface area (Å²) < 4.78 is 11.3. The van der Waals surface area contributed by atoms with Crippen LogP contribution in [-0.4, -0.2) is 67.6 Å². The third kappa shape index (κ3) is 5.18. The van der Waals surface area contributed by atoms with Crippen molar-refractivity contribution >= 4 is 0 Å². The number of hydrogen-bond acceptors (Lipinski definition) is 6. The number of nitriles is 1. The Morgan fingerprint density at radius 2 is 2.17 bits per heavy atom. The van der Waals surface area contributed by atoms with Crippen LogP contribution in [0.25, 0.3) is 0 Å². The number of benzene rings is 1. The lowest BCUT2D eigenvalue weighted by atomic mass is 10.2. The molecule has 2 atom stereocenters. The first-order valence-corrected chi connectivity index (χ1v) is 8.62. The average molecular weight is 331 g/mol. The van der Waals surface area contributed by atoms with Crippen LogP contribution in [0.5, 0.6) is 5.75 Å². The van der Waals surface area contributed by atoms with Gasteiger partial charge in [0.1, 0.15) is 18.5 Å². The second kappa shape index (κ2) is 8.45. The number of morpholine rings is 1. The Morgan fingerprint density at radius 1 is 1.38 bits per heavy atom. The average Bonchev–Trinajstić information content (AvgIpc) is 3.46. The first-order valence-electron chi connectivity index (χ1n) is 8.62. The summed E-state index contributed by atoms with van der Waals surface area (Å²) in [7, 11) is 0. The van der Waals surface area contributed by atoms with Crippen LogP contribution in [0, 0.1) is 11.3 Å². The molecule has 1 aromatic carbocycles. The van der Waals surface area contributed by atoms with Crippen molar-refractivity contribution in [1.29, 1.82) is 5.26 Å². The fourth-order valence-corrected chi connectivity index (χ4v) is 2.92. The summed E-state index contributed by atoms with van der Waals surface area (Å²) in [6.45, 7) is 4.26. The highest BCUT2D eigenvalue weighted by atomic mass is 16.5. The van der Waals surface area contributed by atoms with Crippen molar-refractivity contribution in [2.75, 3.05) is 39.4 Å². The van der Waals surface area contributed by atoms with Crippen molar-refractivity contribution in [2.45, 2.75) is 31.1 Å². The maximum Gasteiger partial charge on any atom is 0.119 e. The van der Waals surface area contributed by atoms with Crippen LogP contribution in [-0.2, 0) is 4.74 Å². The lowest BCUT2D eigenvalue weighted by molar-refractivity contribution is -0.0312. The van der Waals surface area contributed by atoms with Gasteiger partial charge in [-0.2, -0.15) is 5.26 Å². The number of ether oxygens (including phenoxy) is 2. The minimum atomic E-state index is -0.580. The monoisotopic (exact) mass is 331 g/mol. The van der Waals surface area contributed by atoms with Crippen LogP contribution in [0.15, 0.2) is 24.3 Å². The summed E-state index contributed by atoms with van der Waals surface area (Å²) in [6.07, 6.45) is 2.27. The van der Waals surface area contributed by atoms with Crippen LogP contribution in [0.2, 0.25) is 0 Å². The molecule has 0 radical (unpaired) electrons. The lowest BCUT2D eigenvalue weighted by Gasteiger charge is -2.33. The zero-order valence-corrected chi connectivity index (χ0v) is 13.9. The predicted molar refractivity (Wildman–Crippen MR) is 89.9 cm³/mol. The predicted octanol–water partition coefficient (Wildman–Crippen LogP) is 0.751. The largest absolute Gasteiger partial charge is 0.491 e. The van der Waals surface area contributed by atoms with Crippen LogP contribution in [0.4, 0.5) is 0 Å². The van der Waals surface area contributed by atoms with Crippen molar-refractivity contribution < 1.29 is 14.6 Å². The van der Waals surface area contributed by atoms with E-state index < -0.39 is 6.10 Å². The van der Waals surface area contributed by atoms with E-state index in [-0.39, 0.29) is 12.7 Å². The Hall–Kier alpha value is -1.65. The summed E-state index contributed by atoms with van der Waals surface area (Å²) in [5, 5.41) is 22.0. The van der Waals surface area contributed by atoms with Crippen molar-refractivity contribution in [1.82, 2.24) is 10.2 Å². The number of nitrogens with zero attached hydrogens (tertiary/aromatic N) is 2. The highest BCUT2D eigenvalue weighted by Crippen LogP contribution is 2.28. The van der Waals surface area contributed by atoms with Crippen molar-refractivity contribution in [3.63, 3.8) is 0 Å². The van der Waals surface area contributed by atoms with Gasteiger partial charge in [0.15, 0.2) is 0 Å². The number of aliphatic hydroxyl groups excluding tert-OH is 1. The quantitative estimate of drug-likeness (QED) is 0.732. The summed E-state index contributed by atoms with van der Waals surface area (Å²) in [5.74, 6) is 0.656. The number of nitrogens with one attached hydrogen (secondary N) is 1. The lowest BCUT2D eigenvalue weighted by Crippen LogP contribution is -2.48. The van der Waals surface area contributed by atoms with Crippen LogP contribution in [0.1, 0.15) is 18.4 Å². The Kier molecular flexibility index (Phi) is 6.05. The first kappa shape index (κ1) is 17.2. The third-order valence-electron chi connectivity index (χ3n) is 4.41. The number of aliphatic hydroxyl groups is 1. The highest BCUT2D eigenvalue weighted by molar-refractivity contribution is 5.34. The third-order valence-corrected chi connectivity index (χ3v) is 4.41. The van der Waals surface area contributed by atoms with E-state index in [0.29, 0.717) is 17.9 Å². The normalized spacial score (nSPS) is 22.8. The zero-order valence-electron chi connectivity index (χ0n) is 13.9. The molecule has 3 rings (SSSR count). The molecule has 1 aliphatic carbocycles. The fourth-order valence-electron chi connectivity index (χ4n) is 2.92. The van der Waals surface area contributed by atoms with E-state index in [2.05, 4.69) is 16.3 Å². The molecule has 2 N–H and O–H groups in total. The maximum atomic E-state index is 10.00. The van der Waals surface area contributed by atoms with Crippen LogP contribution in [0.3, 0.4) is 0 Å². The van der Waals surface area contributed by atoms with Gasteiger partial charge in [-0.3, -0.25) is 4.90 Å². The van der Waals surface area contributed by atoms with Gasteiger partial charge in [-0.05, 0) is 37.1 Å². The highest BCUT2D eigenvalue weighted by Gasteiger charge is 2.32. The van der Waals surface area contributed by atoms with Crippen LogP contribution >= 0.6 is 0 Å². The van der Waals surface area contributed by atoms with E-state index in [4.69, 9.17) is 14.7 Å². The summed E-state index contributed by atoms with van der Waals surface area (Å²) in [5.41, 5.74) is 0.595. The maximum absolute atomic E-state index is 10.00. The van der Waals surface area contributed by atoms with Gasteiger partial charge < -0.3 is 19.9 Å². The molecule has 1 aromatic rings. The van der Waals surface area contributed by atoms with E-state index in [9.17, 15) is 5.11 Å². The molecule has 0 bridgehead atoms. The molecule has 1 aliphatic heterocycles. The van der Waals surface area contributed by atoms with Gasteiger partial charge in [-0.15, -0.1) is 0 Å². The molecule has 6 nitrogen and oxygen atoms in total. The SMILES string of the molecule is N#Cc1ccc(OCC(O)CNCC2CN(C3CC3)CCO2)cc1. The molecule has 130 valence electrons. The van der Waals surface area contributed by atoms with Gasteiger partial charge in [0.05, 0.1) is 24.3 Å². The van der Waals surface area contributed by atoms with Gasteiger partial charge in [0.2, 0.25) is 0 Å². The Balaban J connectivity index is 1.30. The van der Waals surface area contributed by atoms with E-state index in [1.54, 1.807) is 24.3 Å². The molecule has 6 heteroatoms. The van der Waals surface area contributed by atoms with Crippen molar-refractivity contribution in [2.24, 2.45) is 0 Å². The van der Waals surface area contributed by atoms with Crippen molar-refractivity contribution in [3.05, 3.63) is 29.8 Å². The summed E-state index contributed by atoms with van der Waals surface area (Å²) in [4.78, 5) is 2.51. The van der Waals surface area contributed by atoms with Gasteiger partial charge in [0.25, 0.3) is 0 Å². The minimum absolute atomic E-state index is 0.200. The molecular formula is C18H25N3O3. The van der Waals surface area contributed by atoms with E-state index in [1.165, 1.54) is 12.8 Å². The van der Waals surface area contributed by atoms with E-state index >= 15 is 0 Å². The van der Waals surface area contributed by atoms with Crippen LogP contribution < -0.4 is 10.1 Å². The Morgan fingerprint density at radius 3 is 2.88 bits per heavy atom. The molecule has 0 amide bonds. The second-order valence-electron chi connectivity index (χ2n) is 6.48. The van der Waals surface area contributed by atoms with Gasteiger partial charge in [0, 0.05) is 32.2 Å². The molecule has 0 spiro atoms. The fraction of sp³-hybridized carbons (Fsp3) is 0.611. The van der Waals surface area contributed by atoms with Gasteiger partial charge >= 0.3 is 0 Å². The number of hydrogen-bond donors (Lipinski definition) is 2. The van der Waals surface area contributed by atoms with Gasteiger partial charge in [-0.25, -0.2) is 0 Å². The minimum Gasteiger partial charge on any atom is -0.491 e. The smallest absolute Gasteiger partial charge is 0.119 e. The molecule has 0 aromatic heterocycles. The summed E-state index contributed by atoms with van der Waals surface area (Å²) in [6, 6.07) is 9.72. The number of rotatable bonds is 8. The first-order chi connectivity index (χ1) is 11.7. The zero-order chi connectivity index (χ0) is 16.8. The summed E-state index contributed by atoms with van der Waals surface area (Å²) >= 11 is 0. The standard InChI is InChI=1S/C18H25N3O3/c19-9-14-1-5-17(6-2-14)24-13-16(22)10-20-11-18-12-21(7-8-23-18)15-3-4-15/h1-2,5-6,15-16,18,20,22H,3-4,7-8,10-13H2. The van der Waals surface area contributed by atoms with E-state index in [1.807, 2.05) is 0 Å². The molecule has 1 saturated carbocycles. The molecule has 1 heterocycles. The van der Waals surface area contributed by atoms with E-state index in [0.717, 1.165) is 32.3 Å². The molecule has 24 heavy (non-hydrogen) atoms. The molecular weight excluding hydrogens is 306 g/mol. The topological polar surface area (TPSA) is 77.8 Å².